The Labute approximate surface area is 112 Å². The van der Waals surface area contributed by atoms with Crippen molar-refractivity contribution in [3.63, 3.8) is 0 Å². The summed E-state index contributed by atoms with van der Waals surface area (Å²) >= 11 is 0. The van der Waals surface area contributed by atoms with Crippen molar-refractivity contribution in [3.05, 3.63) is 0 Å². The summed E-state index contributed by atoms with van der Waals surface area (Å²) in [5, 5.41) is 20.3. The minimum Gasteiger partial charge on any atom is -0.467 e. The Kier molecular flexibility index (Phi) is 7.40. The number of esters is 1. The van der Waals surface area contributed by atoms with Crippen molar-refractivity contribution >= 4 is 12.1 Å². The van der Waals surface area contributed by atoms with Gasteiger partial charge < -0.3 is 25.0 Å². The number of carbonyl (C=O) groups is 2. The summed E-state index contributed by atoms with van der Waals surface area (Å²) in [6.45, 7) is 4.71. The van der Waals surface area contributed by atoms with Gasteiger partial charge in [-0.2, -0.15) is 0 Å². The molecule has 0 aromatic heterocycles. The fourth-order valence-electron chi connectivity index (χ4n) is 1.29. The second kappa shape index (κ2) is 7.96. The number of methoxy groups -OCH3 is 1. The lowest BCUT2D eigenvalue weighted by Crippen LogP contribution is -2.44. The third-order valence-electron chi connectivity index (χ3n) is 2.18. The van der Waals surface area contributed by atoms with Crippen molar-refractivity contribution in [2.24, 2.45) is 0 Å². The Morgan fingerprint density at radius 3 is 2.26 bits per heavy atom. The molecule has 0 aliphatic heterocycles. The first-order valence-electron chi connectivity index (χ1n) is 6.06. The molecule has 0 radical (unpaired) electrons. The number of ether oxygens (including phenoxy) is 2. The molecule has 0 spiro atoms. The van der Waals surface area contributed by atoms with E-state index in [4.69, 9.17) is 9.84 Å². The molecule has 7 nitrogen and oxygen atoms in total. The molecule has 0 fully saturated rings. The quantitative estimate of drug-likeness (QED) is 0.598. The van der Waals surface area contributed by atoms with Crippen molar-refractivity contribution in [3.8, 4) is 0 Å². The maximum absolute atomic E-state index is 11.6. The fraction of sp³-hybridized carbons (Fsp3) is 0.833. The summed E-state index contributed by atoms with van der Waals surface area (Å²) in [7, 11) is 1.20. The van der Waals surface area contributed by atoms with Crippen molar-refractivity contribution in [2.75, 3.05) is 13.7 Å². The van der Waals surface area contributed by atoms with Crippen LogP contribution in [0.3, 0.4) is 0 Å². The van der Waals surface area contributed by atoms with E-state index in [2.05, 4.69) is 10.1 Å². The van der Waals surface area contributed by atoms with E-state index in [-0.39, 0.29) is 12.8 Å². The molecular formula is C12H23NO6. The highest BCUT2D eigenvalue weighted by molar-refractivity contribution is 5.81. The Hall–Kier alpha value is -1.34. The first kappa shape index (κ1) is 17.7. The molecule has 0 saturated carbocycles. The van der Waals surface area contributed by atoms with Gasteiger partial charge in [0.05, 0.1) is 19.8 Å². The summed E-state index contributed by atoms with van der Waals surface area (Å²) < 4.78 is 9.58. The van der Waals surface area contributed by atoms with Gasteiger partial charge in [0, 0.05) is 0 Å². The molecule has 0 aromatic carbocycles. The third-order valence-corrected chi connectivity index (χ3v) is 2.18. The maximum atomic E-state index is 11.6. The van der Waals surface area contributed by atoms with Gasteiger partial charge in [0.1, 0.15) is 11.6 Å². The molecule has 112 valence electrons. The second-order valence-electron chi connectivity index (χ2n) is 5.14. The lowest BCUT2D eigenvalue weighted by atomic mass is 10.1. The fourth-order valence-corrected chi connectivity index (χ4v) is 1.29. The predicted octanol–water partition coefficient (Wildman–Crippen LogP) is 0.186. The van der Waals surface area contributed by atoms with Crippen molar-refractivity contribution in [2.45, 2.75) is 51.4 Å². The Balaban J connectivity index is 4.43. The van der Waals surface area contributed by atoms with Gasteiger partial charge in [-0.15, -0.1) is 0 Å². The molecule has 2 unspecified atom stereocenters. The predicted molar refractivity (Wildman–Crippen MR) is 67.5 cm³/mol. The topological polar surface area (TPSA) is 105 Å². The van der Waals surface area contributed by atoms with E-state index in [1.54, 1.807) is 20.8 Å². The standard InChI is InChI=1S/C12H23NO6/c1-12(2,3)19-11(17)13-9(10(16)18-4)6-5-8(15)7-14/h8-9,14-15H,5-7H2,1-4H3,(H,13,17). The van der Waals surface area contributed by atoms with Gasteiger partial charge in [0.2, 0.25) is 0 Å². The molecule has 0 aliphatic rings. The zero-order valence-electron chi connectivity index (χ0n) is 11.8. The minimum absolute atomic E-state index is 0.146. The van der Waals surface area contributed by atoms with Crippen LogP contribution in [0.5, 0.6) is 0 Å². The Morgan fingerprint density at radius 1 is 1.26 bits per heavy atom. The Bertz CT molecular complexity index is 299. The normalized spacial score (nSPS) is 14.4. The lowest BCUT2D eigenvalue weighted by Gasteiger charge is -2.23. The number of aliphatic hydroxyl groups excluding tert-OH is 2. The van der Waals surface area contributed by atoms with E-state index in [1.807, 2.05) is 0 Å². The van der Waals surface area contributed by atoms with Crippen LogP contribution < -0.4 is 5.32 Å². The second-order valence-corrected chi connectivity index (χ2v) is 5.14. The summed E-state index contributed by atoms with van der Waals surface area (Å²) in [5.74, 6) is -0.629. The molecule has 0 heterocycles. The van der Waals surface area contributed by atoms with E-state index in [0.29, 0.717) is 0 Å². The van der Waals surface area contributed by atoms with Crippen LogP contribution in [0.4, 0.5) is 4.79 Å². The summed E-state index contributed by atoms with van der Waals surface area (Å²) in [5.41, 5.74) is -0.671. The molecule has 2 atom stereocenters. The summed E-state index contributed by atoms with van der Waals surface area (Å²) in [6.07, 6.45) is -1.37. The zero-order chi connectivity index (χ0) is 15.1. The van der Waals surface area contributed by atoms with Gasteiger partial charge in [-0.1, -0.05) is 0 Å². The van der Waals surface area contributed by atoms with E-state index in [1.165, 1.54) is 7.11 Å². The van der Waals surface area contributed by atoms with Crippen LogP contribution in [0, 0.1) is 0 Å². The Morgan fingerprint density at radius 2 is 1.84 bits per heavy atom. The molecule has 1 amide bonds. The van der Waals surface area contributed by atoms with Crippen LogP contribution in [-0.4, -0.2) is 53.7 Å². The van der Waals surface area contributed by atoms with Crippen LogP contribution >= 0.6 is 0 Å². The molecule has 0 aromatic rings. The first-order valence-corrected chi connectivity index (χ1v) is 6.06. The maximum Gasteiger partial charge on any atom is 0.408 e. The zero-order valence-corrected chi connectivity index (χ0v) is 11.8. The van der Waals surface area contributed by atoms with Crippen molar-refractivity contribution in [1.82, 2.24) is 5.32 Å². The van der Waals surface area contributed by atoms with Crippen LogP contribution in [0.15, 0.2) is 0 Å². The highest BCUT2D eigenvalue weighted by atomic mass is 16.6. The molecule has 0 bridgehead atoms. The van der Waals surface area contributed by atoms with E-state index in [9.17, 15) is 14.7 Å². The average Bonchev–Trinajstić information content (AvgIpc) is 2.30. The number of rotatable bonds is 6. The largest absolute Gasteiger partial charge is 0.467 e. The number of amides is 1. The van der Waals surface area contributed by atoms with Crippen LogP contribution in [0.25, 0.3) is 0 Å². The van der Waals surface area contributed by atoms with Gasteiger partial charge in [-0.05, 0) is 33.6 Å². The molecule has 0 aliphatic carbocycles. The van der Waals surface area contributed by atoms with Crippen LogP contribution in [0.2, 0.25) is 0 Å². The van der Waals surface area contributed by atoms with Crippen molar-refractivity contribution in [1.29, 1.82) is 0 Å². The third kappa shape index (κ3) is 8.39. The molecule has 0 rings (SSSR count). The number of aliphatic hydroxyl groups is 2. The van der Waals surface area contributed by atoms with Crippen LogP contribution in [-0.2, 0) is 14.3 Å². The monoisotopic (exact) mass is 277 g/mol. The van der Waals surface area contributed by atoms with Gasteiger partial charge in [0.25, 0.3) is 0 Å². The van der Waals surface area contributed by atoms with E-state index in [0.717, 1.165) is 0 Å². The highest BCUT2D eigenvalue weighted by Crippen LogP contribution is 2.09. The summed E-state index contributed by atoms with van der Waals surface area (Å²) in [4.78, 5) is 23.0. The van der Waals surface area contributed by atoms with Gasteiger partial charge in [0.15, 0.2) is 0 Å². The average molecular weight is 277 g/mol. The van der Waals surface area contributed by atoms with Crippen molar-refractivity contribution < 1.29 is 29.3 Å². The number of carbonyl (C=O) groups excluding carboxylic acids is 2. The number of nitrogens with one attached hydrogen (secondary N) is 1. The van der Waals surface area contributed by atoms with Gasteiger partial charge in [-0.3, -0.25) is 0 Å². The lowest BCUT2D eigenvalue weighted by molar-refractivity contribution is -0.143. The highest BCUT2D eigenvalue weighted by Gasteiger charge is 2.25. The molecular weight excluding hydrogens is 254 g/mol. The number of hydrogen-bond donors (Lipinski definition) is 3. The number of hydrogen-bond acceptors (Lipinski definition) is 6. The molecule has 0 saturated heterocycles. The van der Waals surface area contributed by atoms with Gasteiger partial charge >= 0.3 is 12.1 Å². The molecule has 3 N–H and O–H groups in total. The van der Waals surface area contributed by atoms with E-state index >= 15 is 0 Å². The van der Waals surface area contributed by atoms with E-state index < -0.39 is 36.4 Å². The molecule has 19 heavy (non-hydrogen) atoms. The minimum atomic E-state index is -0.937. The molecule has 7 heteroatoms. The van der Waals surface area contributed by atoms with Gasteiger partial charge in [-0.25, -0.2) is 9.59 Å². The SMILES string of the molecule is COC(=O)C(CCC(O)CO)NC(=O)OC(C)(C)C. The first-order chi connectivity index (χ1) is 8.69. The smallest absolute Gasteiger partial charge is 0.408 e. The summed E-state index contributed by atoms with van der Waals surface area (Å²) in [6, 6.07) is -0.916. The van der Waals surface area contributed by atoms with Crippen LogP contribution in [0.1, 0.15) is 33.6 Å². The number of alkyl carbamates (subject to hydrolysis) is 1.